The van der Waals surface area contributed by atoms with Gasteiger partial charge in [0.15, 0.2) is 11.5 Å². The van der Waals surface area contributed by atoms with Gasteiger partial charge >= 0.3 is 5.97 Å². The van der Waals surface area contributed by atoms with Gasteiger partial charge < -0.3 is 19.9 Å². The summed E-state index contributed by atoms with van der Waals surface area (Å²) in [5.41, 5.74) is 0.763. The fourth-order valence-electron chi connectivity index (χ4n) is 1.84. The molecule has 0 spiro atoms. The number of rotatable bonds is 10. The van der Waals surface area contributed by atoms with E-state index in [1.54, 1.807) is 18.2 Å². The molecule has 6 heteroatoms. The third kappa shape index (κ3) is 6.73. The fraction of sp³-hybridized carbons (Fsp3) is 0.444. The van der Waals surface area contributed by atoms with Crippen LogP contribution in [0.4, 0.5) is 0 Å². The molecule has 1 rings (SSSR count). The molecule has 1 amide bonds. The Morgan fingerprint density at radius 1 is 1.25 bits per heavy atom. The Kier molecular flexibility index (Phi) is 8.39. The molecule has 1 atom stereocenters. The van der Waals surface area contributed by atoms with Crippen molar-refractivity contribution in [2.45, 2.75) is 39.7 Å². The molecule has 0 aliphatic carbocycles. The van der Waals surface area contributed by atoms with Gasteiger partial charge in [0, 0.05) is 6.08 Å². The zero-order valence-electron chi connectivity index (χ0n) is 14.4. The van der Waals surface area contributed by atoms with Crippen molar-refractivity contribution < 1.29 is 24.2 Å². The number of carboxylic acid groups (broad SMARTS) is 1. The van der Waals surface area contributed by atoms with Crippen LogP contribution in [0, 0.1) is 0 Å². The monoisotopic (exact) mass is 335 g/mol. The van der Waals surface area contributed by atoms with Crippen LogP contribution >= 0.6 is 0 Å². The zero-order valence-corrected chi connectivity index (χ0v) is 14.4. The molecule has 0 heterocycles. The van der Waals surface area contributed by atoms with Crippen LogP contribution in [0.3, 0.4) is 0 Å². The lowest BCUT2D eigenvalue weighted by atomic mass is 10.2. The van der Waals surface area contributed by atoms with E-state index in [9.17, 15) is 9.59 Å². The summed E-state index contributed by atoms with van der Waals surface area (Å²) in [5, 5.41) is 11.1. The average Bonchev–Trinajstić information content (AvgIpc) is 2.55. The molecular formula is C18H25NO5. The Balaban J connectivity index is 2.77. The van der Waals surface area contributed by atoms with Gasteiger partial charge in [0.05, 0.1) is 13.2 Å². The number of ether oxygens (including phenoxy) is 2. The molecule has 6 nitrogen and oxygen atoms in total. The Labute approximate surface area is 142 Å². The second kappa shape index (κ2) is 10.3. The number of nitrogens with one attached hydrogen (secondary N) is 1. The number of unbranched alkanes of at least 4 members (excludes halogenated alkanes) is 1. The lowest BCUT2D eigenvalue weighted by molar-refractivity contribution is -0.140. The summed E-state index contributed by atoms with van der Waals surface area (Å²) in [4.78, 5) is 22.4. The fourth-order valence-corrected chi connectivity index (χ4v) is 1.84. The smallest absolute Gasteiger partial charge is 0.325 e. The summed E-state index contributed by atoms with van der Waals surface area (Å²) in [6, 6.07) is 4.47. The number of carbonyl (C=O) groups is 2. The summed E-state index contributed by atoms with van der Waals surface area (Å²) in [7, 11) is 0. The van der Waals surface area contributed by atoms with E-state index in [1.165, 1.54) is 13.0 Å². The van der Waals surface area contributed by atoms with Gasteiger partial charge in [-0.2, -0.15) is 0 Å². The van der Waals surface area contributed by atoms with E-state index in [-0.39, 0.29) is 0 Å². The predicted octanol–water partition coefficient (Wildman–Crippen LogP) is 2.87. The van der Waals surface area contributed by atoms with E-state index in [2.05, 4.69) is 12.2 Å². The largest absolute Gasteiger partial charge is 0.490 e. The number of benzene rings is 1. The van der Waals surface area contributed by atoms with E-state index in [4.69, 9.17) is 14.6 Å². The van der Waals surface area contributed by atoms with E-state index >= 15 is 0 Å². The summed E-state index contributed by atoms with van der Waals surface area (Å²) in [5.74, 6) is -0.253. The van der Waals surface area contributed by atoms with Crippen LogP contribution < -0.4 is 14.8 Å². The molecule has 0 radical (unpaired) electrons. The number of hydrogen-bond donors (Lipinski definition) is 2. The molecule has 0 saturated heterocycles. The molecule has 2 N–H and O–H groups in total. The normalized spacial score (nSPS) is 12.0. The van der Waals surface area contributed by atoms with Crippen molar-refractivity contribution in [2.24, 2.45) is 0 Å². The maximum atomic E-state index is 11.7. The first-order valence-corrected chi connectivity index (χ1v) is 8.09. The van der Waals surface area contributed by atoms with E-state index < -0.39 is 17.9 Å². The zero-order chi connectivity index (χ0) is 17.9. The minimum absolute atomic E-state index is 0.467. The van der Waals surface area contributed by atoms with Crippen molar-refractivity contribution >= 4 is 18.0 Å². The highest BCUT2D eigenvalue weighted by atomic mass is 16.5. The van der Waals surface area contributed by atoms with Crippen molar-refractivity contribution in [1.29, 1.82) is 0 Å². The van der Waals surface area contributed by atoms with Crippen LogP contribution in [0.15, 0.2) is 24.3 Å². The first-order chi connectivity index (χ1) is 11.5. The van der Waals surface area contributed by atoms with Gasteiger partial charge in [-0.15, -0.1) is 0 Å². The van der Waals surface area contributed by atoms with Crippen molar-refractivity contribution in [3.63, 3.8) is 0 Å². The number of hydrogen-bond acceptors (Lipinski definition) is 4. The summed E-state index contributed by atoms with van der Waals surface area (Å²) < 4.78 is 11.3. The van der Waals surface area contributed by atoms with Crippen molar-refractivity contribution in [1.82, 2.24) is 5.32 Å². The molecule has 1 aromatic rings. The van der Waals surface area contributed by atoms with Crippen LogP contribution in [0.2, 0.25) is 0 Å². The maximum Gasteiger partial charge on any atom is 0.325 e. The second-order valence-corrected chi connectivity index (χ2v) is 5.24. The van der Waals surface area contributed by atoms with Crippen molar-refractivity contribution in [3.05, 3.63) is 29.8 Å². The molecule has 0 aliphatic rings. The molecule has 0 bridgehead atoms. The minimum Gasteiger partial charge on any atom is -0.490 e. The Bertz CT molecular complexity index is 583. The summed E-state index contributed by atoms with van der Waals surface area (Å²) >= 11 is 0. The van der Waals surface area contributed by atoms with E-state index in [0.717, 1.165) is 18.4 Å². The second-order valence-electron chi connectivity index (χ2n) is 5.24. The SMILES string of the molecule is CCCCOc1ccc(/C=C/C(=O)N[C@H](C)C(=O)O)cc1OCC. The van der Waals surface area contributed by atoms with Crippen LogP contribution in [0.25, 0.3) is 6.08 Å². The number of carboxylic acids is 1. The first-order valence-electron chi connectivity index (χ1n) is 8.09. The van der Waals surface area contributed by atoms with Gasteiger partial charge in [0.1, 0.15) is 6.04 Å². The molecule has 0 aromatic heterocycles. The Hall–Kier alpha value is -2.50. The van der Waals surface area contributed by atoms with Crippen LogP contribution in [0.1, 0.15) is 39.2 Å². The summed E-state index contributed by atoms with van der Waals surface area (Å²) in [6.45, 7) is 6.52. The van der Waals surface area contributed by atoms with Crippen LogP contribution in [-0.2, 0) is 9.59 Å². The lowest BCUT2D eigenvalue weighted by Gasteiger charge is -2.12. The van der Waals surface area contributed by atoms with Crippen molar-refractivity contribution in [2.75, 3.05) is 13.2 Å². The highest BCUT2D eigenvalue weighted by molar-refractivity contribution is 5.94. The molecule has 0 unspecified atom stereocenters. The van der Waals surface area contributed by atoms with Crippen molar-refractivity contribution in [3.8, 4) is 11.5 Å². The lowest BCUT2D eigenvalue weighted by Crippen LogP contribution is -2.37. The van der Waals surface area contributed by atoms with Gasteiger partial charge in [0.2, 0.25) is 5.91 Å². The molecule has 132 valence electrons. The predicted molar refractivity (Wildman–Crippen MR) is 92.3 cm³/mol. The highest BCUT2D eigenvalue weighted by Gasteiger charge is 2.12. The van der Waals surface area contributed by atoms with Crippen LogP contribution in [-0.4, -0.2) is 36.2 Å². The molecule has 0 saturated carbocycles. The Morgan fingerprint density at radius 3 is 2.62 bits per heavy atom. The molecule has 0 aliphatic heterocycles. The summed E-state index contributed by atoms with van der Waals surface area (Å²) in [6.07, 6.45) is 4.91. The van der Waals surface area contributed by atoms with E-state index in [0.29, 0.717) is 24.7 Å². The van der Waals surface area contributed by atoms with Gasteiger partial charge in [-0.25, -0.2) is 0 Å². The third-order valence-electron chi connectivity index (χ3n) is 3.18. The molecule has 24 heavy (non-hydrogen) atoms. The van der Waals surface area contributed by atoms with Gasteiger partial charge in [0.25, 0.3) is 0 Å². The Morgan fingerprint density at radius 2 is 2.00 bits per heavy atom. The number of amides is 1. The minimum atomic E-state index is -1.08. The quantitative estimate of drug-likeness (QED) is 0.507. The van der Waals surface area contributed by atoms with Gasteiger partial charge in [-0.1, -0.05) is 19.4 Å². The molecule has 1 aromatic carbocycles. The average molecular weight is 335 g/mol. The number of carbonyl (C=O) groups excluding carboxylic acids is 1. The van der Waals surface area contributed by atoms with Crippen LogP contribution in [0.5, 0.6) is 11.5 Å². The molecule has 0 fully saturated rings. The van der Waals surface area contributed by atoms with Gasteiger partial charge in [-0.05, 0) is 44.0 Å². The number of aliphatic carboxylic acids is 1. The highest BCUT2D eigenvalue weighted by Crippen LogP contribution is 2.29. The topological polar surface area (TPSA) is 84.9 Å². The van der Waals surface area contributed by atoms with E-state index in [1.807, 2.05) is 13.0 Å². The third-order valence-corrected chi connectivity index (χ3v) is 3.18. The van der Waals surface area contributed by atoms with Gasteiger partial charge in [-0.3, -0.25) is 9.59 Å². The first kappa shape index (κ1) is 19.5. The maximum absolute atomic E-state index is 11.7. The standard InChI is InChI=1S/C18H25NO5/c1-4-6-11-24-15-9-7-14(12-16(15)23-5-2)8-10-17(20)19-13(3)18(21)22/h7-10,12-13H,4-6,11H2,1-3H3,(H,19,20)(H,21,22)/b10-8+/t13-/m1/s1. The molecular weight excluding hydrogens is 310 g/mol.